The van der Waals surface area contributed by atoms with E-state index in [1.807, 2.05) is 19.1 Å². The summed E-state index contributed by atoms with van der Waals surface area (Å²) in [7, 11) is -2.60. The number of pyridine rings is 1. The van der Waals surface area contributed by atoms with Gasteiger partial charge in [-0.3, -0.25) is 19.1 Å². The molecule has 4 aliphatic carbocycles. The van der Waals surface area contributed by atoms with Crippen molar-refractivity contribution in [3.8, 4) is 11.6 Å². The van der Waals surface area contributed by atoms with Crippen LogP contribution in [0.2, 0.25) is 0 Å². The number of hydrogen-bond donors (Lipinski definition) is 3. The number of carbonyl (C=O) groups excluding carboxylic acids is 4. The molecule has 4 saturated carbocycles. The molecule has 3 N–H and O–H groups in total. The first-order valence-corrected chi connectivity index (χ1v) is 21.7. The van der Waals surface area contributed by atoms with Crippen molar-refractivity contribution in [1.82, 2.24) is 25.2 Å². The van der Waals surface area contributed by atoms with Crippen LogP contribution in [-0.2, 0) is 29.1 Å². The Labute approximate surface area is 332 Å². The van der Waals surface area contributed by atoms with Crippen molar-refractivity contribution in [3.05, 3.63) is 42.4 Å². The predicted octanol–water partition coefficient (Wildman–Crippen LogP) is 4.51. The molecule has 308 valence electrons. The van der Waals surface area contributed by atoms with Gasteiger partial charge >= 0.3 is 6.09 Å². The number of ether oxygens (including phenoxy) is 3. The first kappa shape index (κ1) is 39.4. The van der Waals surface area contributed by atoms with Gasteiger partial charge in [-0.2, -0.15) is 0 Å². The van der Waals surface area contributed by atoms with E-state index in [0.717, 1.165) is 25.7 Å². The van der Waals surface area contributed by atoms with Gasteiger partial charge in [-0.1, -0.05) is 26.0 Å². The Morgan fingerprint density at radius 3 is 2.51 bits per heavy atom. The van der Waals surface area contributed by atoms with Gasteiger partial charge in [0.25, 0.3) is 5.91 Å². The molecule has 5 fully saturated rings. The van der Waals surface area contributed by atoms with Gasteiger partial charge in [0.1, 0.15) is 41.4 Å². The van der Waals surface area contributed by atoms with Gasteiger partial charge in [0, 0.05) is 30.0 Å². The van der Waals surface area contributed by atoms with Crippen LogP contribution in [0.25, 0.3) is 10.8 Å². The highest BCUT2D eigenvalue weighted by atomic mass is 32.2. The molecule has 0 bridgehead atoms. The monoisotopic (exact) mass is 809 g/mol. The largest absolute Gasteiger partial charge is 0.496 e. The second-order valence-electron chi connectivity index (χ2n) is 17.7. The summed E-state index contributed by atoms with van der Waals surface area (Å²) in [6.07, 6.45) is 9.33. The lowest BCUT2D eigenvalue weighted by atomic mass is 9.88. The molecule has 2 aromatic rings. The van der Waals surface area contributed by atoms with Crippen molar-refractivity contribution in [2.24, 2.45) is 29.6 Å². The molecule has 1 aromatic carbocycles. The number of nitrogens with zero attached hydrogens (tertiary/aromatic N) is 2. The number of hydrogen-bond acceptors (Lipinski definition) is 10. The van der Waals surface area contributed by atoms with E-state index in [0.29, 0.717) is 48.3 Å². The first-order valence-electron chi connectivity index (χ1n) is 20.2. The fourth-order valence-electron chi connectivity index (χ4n) is 9.28. The number of fused-ring (bicyclic) bond motifs is 4. The SMILES string of the molecule is COc1cc(F)cc2c(O[C@@H]3C[C@H]4C(=O)N[C@]5(C(=O)NS(=O)(=O)C6(C)CC6)C[C@H]5/C=C\CC[C@H](C)C[C@@H](C)[C@H](NC(=O)OC5CC6CC6C5)C(=O)N4C3)nccc12. The van der Waals surface area contributed by atoms with Crippen LogP contribution in [0.1, 0.15) is 85.0 Å². The topological polar surface area (TPSA) is 182 Å². The first-order chi connectivity index (χ1) is 27.1. The van der Waals surface area contributed by atoms with Gasteiger partial charge < -0.3 is 29.7 Å². The molecule has 8 rings (SSSR count). The van der Waals surface area contributed by atoms with Gasteiger partial charge in [0.2, 0.25) is 27.7 Å². The van der Waals surface area contributed by atoms with Crippen molar-refractivity contribution in [1.29, 1.82) is 0 Å². The number of sulfonamides is 1. The number of aromatic nitrogens is 1. The van der Waals surface area contributed by atoms with E-state index in [1.165, 1.54) is 30.3 Å². The van der Waals surface area contributed by atoms with Gasteiger partial charge in [0.15, 0.2) is 0 Å². The van der Waals surface area contributed by atoms with Crippen molar-refractivity contribution in [3.63, 3.8) is 0 Å². The summed E-state index contributed by atoms with van der Waals surface area (Å²) < 4.78 is 59.9. The Morgan fingerprint density at radius 2 is 1.79 bits per heavy atom. The number of rotatable bonds is 8. The third-order valence-corrected chi connectivity index (χ3v) is 15.4. The molecule has 2 aliphatic heterocycles. The van der Waals surface area contributed by atoms with Crippen LogP contribution in [0, 0.1) is 35.4 Å². The van der Waals surface area contributed by atoms with Crippen LogP contribution in [0.3, 0.4) is 0 Å². The lowest BCUT2D eigenvalue weighted by Crippen LogP contribution is -2.59. The zero-order valence-electron chi connectivity index (χ0n) is 32.8. The number of benzene rings is 1. The summed E-state index contributed by atoms with van der Waals surface area (Å²) in [6.45, 7) is 5.45. The van der Waals surface area contributed by atoms with Gasteiger partial charge in [-0.25, -0.2) is 22.6 Å². The average molecular weight is 810 g/mol. The van der Waals surface area contributed by atoms with Crippen LogP contribution in [0.15, 0.2) is 36.5 Å². The number of nitrogens with one attached hydrogen (secondary N) is 3. The minimum atomic E-state index is -4.02. The molecular formula is C41H52FN5O9S. The average Bonchev–Trinajstić information content (AvgIpc) is 4.12. The van der Waals surface area contributed by atoms with Crippen molar-refractivity contribution < 1.29 is 46.2 Å². The third-order valence-electron chi connectivity index (χ3n) is 13.3. The standard InChI is InChI=1S/C41H52FN5O9S/c1-22-7-5-6-8-26-20-41(26,38(50)46-57(52,53)40(3)10-11-40)45-35(48)32-19-29(55-36-31-17-27(42)18-33(54-4)30(31)9-12-43-36)21-47(32)37(49)34(23(2)13-22)44-39(51)56-28-15-24-14-25(24)16-28/h6,8-9,12,17-18,22-26,28-29,32,34H,5,7,10-11,13-16,19-21H2,1-4H3,(H,44,51)(H,45,48)(H,46,50)/b8-6-/t22-,23+,24?,25?,26+,28?,29+,32-,34-,41+/m0/s1. The number of allylic oxidation sites excluding steroid dienone is 1. The van der Waals surface area contributed by atoms with E-state index < -0.39 is 74.0 Å². The summed E-state index contributed by atoms with van der Waals surface area (Å²) in [4.78, 5) is 62.5. The van der Waals surface area contributed by atoms with E-state index in [1.54, 1.807) is 13.0 Å². The molecule has 1 saturated heterocycles. The summed E-state index contributed by atoms with van der Waals surface area (Å²) in [5.41, 5.74) is -1.56. The Morgan fingerprint density at radius 1 is 1.04 bits per heavy atom. The number of methoxy groups -OCH3 is 1. The van der Waals surface area contributed by atoms with Crippen LogP contribution in [-0.4, -0.2) is 90.3 Å². The highest BCUT2D eigenvalue weighted by Crippen LogP contribution is 2.52. The van der Waals surface area contributed by atoms with E-state index in [9.17, 15) is 32.0 Å². The third kappa shape index (κ3) is 7.77. The van der Waals surface area contributed by atoms with Crippen LogP contribution in [0.5, 0.6) is 11.6 Å². The van der Waals surface area contributed by atoms with E-state index in [-0.39, 0.29) is 49.0 Å². The minimum Gasteiger partial charge on any atom is -0.496 e. The molecule has 1 aromatic heterocycles. The molecule has 4 amide bonds. The summed E-state index contributed by atoms with van der Waals surface area (Å²) >= 11 is 0. The number of alkyl carbamates (subject to hydrolysis) is 1. The van der Waals surface area contributed by atoms with Crippen molar-refractivity contribution in [2.45, 2.75) is 120 Å². The minimum absolute atomic E-state index is 0.0382. The molecule has 0 radical (unpaired) electrons. The fourth-order valence-corrected chi connectivity index (χ4v) is 10.6. The van der Waals surface area contributed by atoms with Gasteiger partial charge in [-0.05, 0) is 101 Å². The maximum absolute atomic E-state index is 14.9. The highest BCUT2D eigenvalue weighted by molar-refractivity contribution is 7.91. The zero-order valence-corrected chi connectivity index (χ0v) is 33.6. The summed E-state index contributed by atoms with van der Waals surface area (Å²) in [5.74, 6) is -1.76. The van der Waals surface area contributed by atoms with Crippen molar-refractivity contribution in [2.75, 3.05) is 13.7 Å². The second-order valence-corrected chi connectivity index (χ2v) is 19.9. The van der Waals surface area contributed by atoms with Crippen LogP contribution in [0.4, 0.5) is 9.18 Å². The number of carbonyl (C=O) groups is 4. The lowest BCUT2D eigenvalue weighted by molar-refractivity contribution is -0.142. The fraction of sp³-hybridized carbons (Fsp3) is 0.634. The molecule has 6 aliphatic rings. The summed E-state index contributed by atoms with van der Waals surface area (Å²) in [6, 6.07) is 1.94. The van der Waals surface area contributed by atoms with E-state index in [2.05, 4.69) is 27.3 Å². The molecule has 2 unspecified atom stereocenters. The molecule has 9 atom stereocenters. The smallest absolute Gasteiger partial charge is 0.408 e. The predicted molar refractivity (Wildman–Crippen MR) is 206 cm³/mol. The number of halogens is 1. The molecule has 16 heteroatoms. The Hall–Kier alpha value is -4.47. The maximum atomic E-state index is 14.9. The van der Waals surface area contributed by atoms with Crippen molar-refractivity contribution >= 4 is 44.6 Å². The normalized spacial score (nSPS) is 35.0. The van der Waals surface area contributed by atoms with E-state index >= 15 is 0 Å². The quantitative estimate of drug-likeness (QED) is 0.321. The van der Waals surface area contributed by atoms with Gasteiger partial charge in [0.05, 0.1) is 23.8 Å². The summed E-state index contributed by atoms with van der Waals surface area (Å²) in [5, 5.41) is 6.63. The van der Waals surface area contributed by atoms with Gasteiger partial charge in [-0.15, -0.1) is 0 Å². The Balaban J connectivity index is 1.11. The van der Waals surface area contributed by atoms with E-state index in [4.69, 9.17) is 14.2 Å². The number of amides is 4. The molecule has 3 heterocycles. The van der Waals surface area contributed by atoms with Crippen LogP contribution >= 0.6 is 0 Å². The second kappa shape index (κ2) is 14.7. The molecule has 0 spiro atoms. The van der Waals surface area contributed by atoms with Crippen LogP contribution < -0.4 is 24.8 Å². The molecular weight excluding hydrogens is 758 g/mol. The Bertz CT molecular complexity index is 2100. The molecule has 14 nitrogen and oxygen atoms in total. The molecule has 57 heavy (non-hydrogen) atoms. The zero-order chi connectivity index (χ0) is 40.4. The maximum Gasteiger partial charge on any atom is 0.408 e. The highest BCUT2D eigenvalue weighted by Gasteiger charge is 2.63. The Kier molecular flexibility index (Phi) is 10.2. The lowest BCUT2D eigenvalue weighted by Gasteiger charge is -2.33.